The van der Waals surface area contributed by atoms with Gasteiger partial charge in [-0.1, -0.05) is 0 Å². The number of hydrogen-bond acceptors (Lipinski definition) is 5. The van der Waals surface area contributed by atoms with Gasteiger partial charge in [0.2, 0.25) is 0 Å². The van der Waals surface area contributed by atoms with Crippen molar-refractivity contribution in [2.75, 3.05) is 46.5 Å². The van der Waals surface area contributed by atoms with Gasteiger partial charge in [0.25, 0.3) is 0 Å². The van der Waals surface area contributed by atoms with E-state index in [-0.39, 0.29) is 6.10 Å². The van der Waals surface area contributed by atoms with Crippen LogP contribution < -0.4 is 5.32 Å². The fourth-order valence-electron chi connectivity index (χ4n) is 3.11. The van der Waals surface area contributed by atoms with E-state index in [0.29, 0.717) is 19.3 Å². The highest BCUT2D eigenvalue weighted by Crippen LogP contribution is 2.28. The Labute approximate surface area is 129 Å². The SMILES string of the molecule is COCC(C)OCC(O)CN(CC1CCCNC1)C1CC1. The van der Waals surface area contributed by atoms with Crippen LogP contribution in [-0.4, -0.2) is 74.8 Å². The molecule has 1 saturated heterocycles. The standard InChI is InChI=1S/C16H32N2O3/c1-13(11-20-2)21-12-16(19)10-18(15-5-6-15)9-14-4-3-7-17-8-14/h13-17,19H,3-12H2,1-2H3. The topological polar surface area (TPSA) is 54.0 Å². The number of ether oxygens (including phenoxy) is 2. The van der Waals surface area contributed by atoms with Crippen LogP contribution in [0.15, 0.2) is 0 Å². The zero-order valence-corrected chi connectivity index (χ0v) is 13.6. The average Bonchev–Trinajstić information content (AvgIpc) is 3.30. The van der Waals surface area contributed by atoms with Crippen molar-refractivity contribution in [3.8, 4) is 0 Å². The van der Waals surface area contributed by atoms with Crippen molar-refractivity contribution < 1.29 is 14.6 Å². The van der Waals surface area contributed by atoms with Crippen LogP contribution in [0.5, 0.6) is 0 Å². The van der Waals surface area contributed by atoms with Gasteiger partial charge >= 0.3 is 0 Å². The second-order valence-corrected chi connectivity index (χ2v) is 6.65. The first-order valence-electron chi connectivity index (χ1n) is 8.42. The molecule has 1 aliphatic heterocycles. The molecule has 0 amide bonds. The van der Waals surface area contributed by atoms with E-state index in [1.54, 1.807) is 7.11 Å². The minimum absolute atomic E-state index is 0.0431. The maximum absolute atomic E-state index is 10.2. The van der Waals surface area contributed by atoms with E-state index in [0.717, 1.165) is 32.1 Å². The average molecular weight is 300 g/mol. The third kappa shape index (κ3) is 6.61. The van der Waals surface area contributed by atoms with Gasteiger partial charge in [-0.05, 0) is 51.6 Å². The molecule has 0 aromatic carbocycles. The fraction of sp³-hybridized carbons (Fsp3) is 1.00. The molecule has 5 nitrogen and oxygen atoms in total. The minimum atomic E-state index is -0.401. The normalized spacial score (nSPS) is 26.0. The number of aliphatic hydroxyl groups is 1. The van der Waals surface area contributed by atoms with E-state index in [9.17, 15) is 5.11 Å². The van der Waals surface area contributed by atoms with E-state index in [4.69, 9.17) is 9.47 Å². The summed E-state index contributed by atoms with van der Waals surface area (Å²) in [4.78, 5) is 2.48. The van der Waals surface area contributed by atoms with Crippen LogP contribution in [0.3, 0.4) is 0 Å². The first-order chi connectivity index (χ1) is 10.2. The van der Waals surface area contributed by atoms with E-state index in [2.05, 4.69) is 10.2 Å². The van der Waals surface area contributed by atoms with Crippen LogP contribution >= 0.6 is 0 Å². The number of nitrogens with zero attached hydrogens (tertiary/aromatic N) is 1. The molecule has 1 aliphatic carbocycles. The predicted octanol–water partition coefficient (Wildman–Crippen LogP) is 0.863. The predicted molar refractivity (Wildman–Crippen MR) is 83.5 cm³/mol. The molecule has 2 aliphatic rings. The fourth-order valence-corrected chi connectivity index (χ4v) is 3.11. The third-order valence-corrected chi connectivity index (χ3v) is 4.37. The van der Waals surface area contributed by atoms with Crippen molar-refractivity contribution in [2.45, 2.75) is 50.9 Å². The van der Waals surface area contributed by atoms with Crippen LogP contribution in [0, 0.1) is 5.92 Å². The molecule has 124 valence electrons. The molecule has 0 radical (unpaired) electrons. The minimum Gasteiger partial charge on any atom is -0.389 e. The van der Waals surface area contributed by atoms with Gasteiger partial charge in [0.15, 0.2) is 0 Å². The Morgan fingerprint density at radius 3 is 2.71 bits per heavy atom. The number of piperidine rings is 1. The molecule has 3 unspecified atom stereocenters. The van der Waals surface area contributed by atoms with Crippen LogP contribution in [-0.2, 0) is 9.47 Å². The Balaban J connectivity index is 1.68. The Hall–Kier alpha value is -0.200. The molecule has 21 heavy (non-hydrogen) atoms. The van der Waals surface area contributed by atoms with Crippen molar-refractivity contribution in [3.05, 3.63) is 0 Å². The maximum Gasteiger partial charge on any atom is 0.0900 e. The summed E-state index contributed by atoms with van der Waals surface area (Å²) in [6, 6.07) is 0.693. The molecule has 1 heterocycles. The third-order valence-electron chi connectivity index (χ3n) is 4.37. The van der Waals surface area contributed by atoms with Gasteiger partial charge < -0.3 is 19.9 Å². The molecule has 0 aromatic rings. The van der Waals surface area contributed by atoms with Gasteiger partial charge in [-0.3, -0.25) is 4.90 Å². The molecule has 5 heteroatoms. The summed E-state index contributed by atoms with van der Waals surface area (Å²) in [6.45, 7) is 7.09. The Morgan fingerprint density at radius 2 is 2.10 bits per heavy atom. The van der Waals surface area contributed by atoms with Crippen LogP contribution in [0.2, 0.25) is 0 Å². The molecular formula is C16H32N2O3. The lowest BCUT2D eigenvalue weighted by atomic mass is 9.99. The lowest BCUT2D eigenvalue weighted by Crippen LogP contribution is -2.43. The molecular weight excluding hydrogens is 268 g/mol. The Bertz CT molecular complexity index is 281. The van der Waals surface area contributed by atoms with Gasteiger partial charge in [-0.25, -0.2) is 0 Å². The summed E-state index contributed by atoms with van der Waals surface area (Å²) in [7, 11) is 1.67. The second-order valence-electron chi connectivity index (χ2n) is 6.65. The van der Waals surface area contributed by atoms with Crippen LogP contribution in [0.25, 0.3) is 0 Å². The highest BCUT2D eigenvalue weighted by molar-refractivity contribution is 4.87. The van der Waals surface area contributed by atoms with Crippen molar-refractivity contribution >= 4 is 0 Å². The van der Waals surface area contributed by atoms with Crippen molar-refractivity contribution in [2.24, 2.45) is 5.92 Å². The smallest absolute Gasteiger partial charge is 0.0900 e. The van der Waals surface area contributed by atoms with Crippen LogP contribution in [0.1, 0.15) is 32.6 Å². The van der Waals surface area contributed by atoms with Gasteiger partial charge in [-0.2, -0.15) is 0 Å². The number of hydrogen-bond donors (Lipinski definition) is 2. The highest BCUT2D eigenvalue weighted by Gasteiger charge is 2.32. The molecule has 3 atom stereocenters. The van der Waals surface area contributed by atoms with E-state index in [1.807, 2.05) is 6.92 Å². The molecule has 0 bridgehead atoms. The van der Waals surface area contributed by atoms with Gasteiger partial charge in [0.05, 0.1) is 25.4 Å². The number of rotatable bonds is 10. The molecule has 2 N–H and O–H groups in total. The van der Waals surface area contributed by atoms with E-state index < -0.39 is 6.10 Å². The zero-order chi connectivity index (χ0) is 15.1. The Kier molecular flexibility index (Phi) is 7.40. The summed E-state index contributed by atoms with van der Waals surface area (Å²) in [6.07, 6.45) is 4.81. The van der Waals surface area contributed by atoms with Gasteiger partial charge in [0, 0.05) is 26.2 Å². The van der Waals surface area contributed by atoms with Crippen LogP contribution in [0.4, 0.5) is 0 Å². The molecule has 2 fully saturated rings. The first-order valence-corrected chi connectivity index (χ1v) is 8.42. The van der Waals surface area contributed by atoms with Crippen molar-refractivity contribution in [1.82, 2.24) is 10.2 Å². The molecule has 2 rings (SSSR count). The number of nitrogens with one attached hydrogen (secondary N) is 1. The maximum atomic E-state index is 10.2. The number of methoxy groups -OCH3 is 1. The molecule has 0 aromatic heterocycles. The number of aliphatic hydroxyl groups excluding tert-OH is 1. The van der Waals surface area contributed by atoms with Crippen molar-refractivity contribution in [1.29, 1.82) is 0 Å². The van der Waals surface area contributed by atoms with Crippen molar-refractivity contribution in [3.63, 3.8) is 0 Å². The summed E-state index contributed by atoms with van der Waals surface area (Å²) in [5.74, 6) is 0.736. The largest absolute Gasteiger partial charge is 0.389 e. The summed E-state index contributed by atoms with van der Waals surface area (Å²) in [5, 5.41) is 13.7. The van der Waals surface area contributed by atoms with Gasteiger partial charge in [0.1, 0.15) is 0 Å². The summed E-state index contributed by atoms with van der Waals surface area (Å²) >= 11 is 0. The first kappa shape index (κ1) is 17.2. The highest BCUT2D eigenvalue weighted by atomic mass is 16.5. The summed E-state index contributed by atoms with van der Waals surface area (Å²) in [5.41, 5.74) is 0. The molecule has 0 spiro atoms. The van der Waals surface area contributed by atoms with Gasteiger partial charge in [-0.15, -0.1) is 0 Å². The quantitative estimate of drug-likeness (QED) is 0.627. The monoisotopic (exact) mass is 300 g/mol. The van der Waals surface area contributed by atoms with E-state index >= 15 is 0 Å². The lowest BCUT2D eigenvalue weighted by molar-refractivity contribution is -0.0415. The lowest BCUT2D eigenvalue weighted by Gasteiger charge is -2.31. The zero-order valence-electron chi connectivity index (χ0n) is 13.6. The van der Waals surface area contributed by atoms with E-state index in [1.165, 1.54) is 25.7 Å². The molecule has 1 saturated carbocycles. The summed E-state index contributed by atoms with van der Waals surface area (Å²) < 4.78 is 10.7. The Morgan fingerprint density at radius 1 is 1.29 bits per heavy atom. The second kappa shape index (κ2) is 9.06.